The van der Waals surface area contributed by atoms with Gasteiger partial charge in [-0.2, -0.15) is 0 Å². The van der Waals surface area contributed by atoms with E-state index in [4.69, 9.17) is 16.3 Å². The number of ether oxygens (including phenoxy) is 1. The summed E-state index contributed by atoms with van der Waals surface area (Å²) in [5.41, 5.74) is 2.23. The molecule has 4 nitrogen and oxygen atoms in total. The van der Waals surface area contributed by atoms with Crippen LogP contribution in [-0.4, -0.2) is 32.1 Å². The van der Waals surface area contributed by atoms with Crippen LogP contribution in [0.5, 0.6) is 5.75 Å². The maximum absolute atomic E-state index is 12.2. The first-order chi connectivity index (χ1) is 12.1. The first-order valence-corrected chi connectivity index (χ1v) is 8.97. The van der Waals surface area contributed by atoms with Crippen LogP contribution in [0.25, 0.3) is 0 Å². The minimum Gasteiger partial charge on any atom is -0.489 e. The van der Waals surface area contributed by atoms with Crippen LogP contribution < -0.4 is 15.0 Å². The summed E-state index contributed by atoms with van der Waals surface area (Å²) in [6, 6.07) is 15.9. The number of likely N-dealkylation sites (N-methyl/N-ethyl adjacent to an activating group) is 1. The van der Waals surface area contributed by atoms with Crippen LogP contribution in [0.15, 0.2) is 48.5 Å². The van der Waals surface area contributed by atoms with Crippen LogP contribution in [0.4, 0.5) is 5.69 Å². The highest BCUT2D eigenvalue weighted by atomic mass is 35.5. The van der Waals surface area contributed by atoms with E-state index in [2.05, 4.69) is 22.3 Å². The molecule has 0 bridgehead atoms. The number of aryl methyl sites for hydroxylation is 1. The number of nitrogens with zero attached hydrogens (tertiary/aromatic N) is 1. The minimum absolute atomic E-state index is 0.0140. The molecule has 0 radical (unpaired) electrons. The van der Waals surface area contributed by atoms with Gasteiger partial charge in [-0.1, -0.05) is 41.9 Å². The number of hydrogen-bond acceptors (Lipinski definition) is 3. The molecular weight excluding hydrogens is 336 g/mol. The Balaban J connectivity index is 1.45. The number of carbonyl (C=O) groups is 1. The van der Waals surface area contributed by atoms with Crippen molar-refractivity contribution in [2.75, 3.05) is 25.1 Å². The molecule has 1 amide bonds. The van der Waals surface area contributed by atoms with E-state index >= 15 is 0 Å². The number of fused-ring (bicyclic) bond motifs is 1. The molecular formula is C20H23ClN2O2. The lowest BCUT2D eigenvalue weighted by atomic mass is 10.1. The number of rotatable bonds is 6. The Labute approximate surface area is 153 Å². The predicted molar refractivity (Wildman–Crippen MR) is 102 cm³/mol. The number of halogens is 1. The van der Waals surface area contributed by atoms with Crippen LogP contribution in [0, 0.1) is 0 Å². The molecule has 0 aromatic heterocycles. The second kappa shape index (κ2) is 8.26. The summed E-state index contributed by atoms with van der Waals surface area (Å²) in [4.78, 5) is 14.3. The molecule has 5 heteroatoms. The standard InChI is InChI=1S/C20H23ClN2O2/c1-23-17(14-25-19-10-9-16(21)12-18(19)23)13-20(24)22-11-5-8-15-6-3-2-4-7-15/h2-4,6-7,9-10,12,17H,5,8,11,13-14H2,1H3,(H,22,24)/t17-/m0/s1. The van der Waals surface area contributed by atoms with Crippen LogP contribution in [-0.2, 0) is 11.2 Å². The molecule has 2 aromatic rings. The van der Waals surface area contributed by atoms with E-state index in [1.54, 1.807) is 0 Å². The summed E-state index contributed by atoms with van der Waals surface area (Å²) >= 11 is 6.07. The van der Waals surface area contributed by atoms with Crippen molar-refractivity contribution in [3.8, 4) is 5.75 Å². The van der Waals surface area contributed by atoms with Crippen LogP contribution in [0.2, 0.25) is 5.02 Å². The molecule has 0 fully saturated rings. The summed E-state index contributed by atoms with van der Waals surface area (Å²) in [6.07, 6.45) is 2.32. The van der Waals surface area contributed by atoms with E-state index in [1.165, 1.54) is 5.56 Å². The smallest absolute Gasteiger partial charge is 0.222 e. The van der Waals surface area contributed by atoms with Gasteiger partial charge in [0.2, 0.25) is 5.91 Å². The van der Waals surface area contributed by atoms with Gasteiger partial charge in [-0.25, -0.2) is 0 Å². The highest BCUT2D eigenvalue weighted by Gasteiger charge is 2.26. The first-order valence-electron chi connectivity index (χ1n) is 8.59. The monoisotopic (exact) mass is 358 g/mol. The Kier molecular flexibility index (Phi) is 5.82. The van der Waals surface area contributed by atoms with Gasteiger partial charge < -0.3 is 15.0 Å². The van der Waals surface area contributed by atoms with Crippen molar-refractivity contribution in [1.29, 1.82) is 0 Å². The molecule has 0 spiro atoms. The van der Waals surface area contributed by atoms with Crippen molar-refractivity contribution < 1.29 is 9.53 Å². The maximum atomic E-state index is 12.2. The molecule has 1 aliphatic rings. The fraction of sp³-hybridized carbons (Fsp3) is 0.350. The zero-order valence-corrected chi connectivity index (χ0v) is 15.1. The van der Waals surface area contributed by atoms with Crippen molar-refractivity contribution >= 4 is 23.2 Å². The Hall–Kier alpha value is -2.20. The molecule has 0 saturated heterocycles. The summed E-state index contributed by atoms with van der Waals surface area (Å²) in [5.74, 6) is 0.866. The van der Waals surface area contributed by atoms with E-state index in [0.29, 0.717) is 24.6 Å². The number of benzene rings is 2. The lowest BCUT2D eigenvalue weighted by Crippen LogP contribution is -2.43. The molecule has 0 saturated carbocycles. The third-order valence-corrected chi connectivity index (χ3v) is 4.74. The topological polar surface area (TPSA) is 41.6 Å². The molecule has 3 rings (SSSR count). The number of amides is 1. The van der Waals surface area contributed by atoms with Crippen LogP contribution in [0.1, 0.15) is 18.4 Å². The summed E-state index contributed by atoms with van der Waals surface area (Å²) in [7, 11) is 1.98. The number of anilines is 1. The van der Waals surface area contributed by atoms with Crippen molar-refractivity contribution in [3.05, 3.63) is 59.1 Å². The van der Waals surface area contributed by atoms with E-state index in [-0.39, 0.29) is 11.9 Å². The number of carbonyl (C=O) groups excluding carboxylic acids is 1. The third-order valence-electron chi connectivity index (χ3n) is 4.51. The molecule has 132 valence electrons. The van der Waals surface area contributed by atoms with E-state index < -0.39 is 0 Å². The molecule has 25 heavy (non-hydrogen) atoms. The summed E-state index contributed by atoms with van der Waals surface area (Å²) < 4.78 is 5.77. The van der Waals surface area contributed by atoms with Gasteiger partial charge in [0, 0.05) is 18.6 Å². The van der Waals surface area contributed by atoms with Crippen molar-refractivity contribution in [1.82, 2.24) is 5.32 Å². The number of nitrogens with one attached hydrogen (secondary N) is 1. The van der Waals surface area contributed by atoms with E-state index in [9.17, 15) is 4.79 Å². The molecule has 1 heterocycles. The van der Waals surface area contributed by atoms with Gasteiger partial charge in [0.15, 0.2) is 0 Å². The zero-order chi connectivity index (χ0) is 17.6. The normalized spacial score (nSPS) is 16.1. The van der Waals surface area contributed by atoms with Gasteiger partial charge >= 0.3 is 0 Å². The molecule has 0 unspecified atom stereocenters. The lowest BCUT2D eigenvalue weighted by Gasteiger charge is -2.35. The summed E-state index contributed by atoms with van der Waals surface area (Å²) in [6.45, 7) is 1.19. The van der Waals surface area contributed by atoms with Gasteiger partial charge in [0.25, 0.3) is 0 Å². The Morgan fingerprint density at radius 2 is 2.08 bits per heavy atom. The molecule has 1 atom stereocenters. The van der Waals surface area contributed by atoms with Crippen LogP contribution >= 0.6 is 11.6 Å². The average molecular weight is 359 g/mol. The van der Waals surface area contributed by atoms with Gasteiger partial charge in [0.05, 0.1) is 18.2 Å². The van der Waals surface area contributed by atoms with E-state index in [1.807, 2.05) is 43.4 Å². The second-order valence-corrected chi connectivity index (χ2v) is 6.77. The molecule has 2 aromatic carbocycles. The fourth-order valence-electron chi connectivity index (χ4n) is 3.03. The summed E-state index contributed by atoms with van der Waals surface area (Å²) in [5, 5.41) is 3.68. The first kappa shape index (κ1) is 17.6. The van der Waals surface area contributed by atoms with E-state index in [0.717, 1.165) is 24.3 Å². The Bertz CT molecular complexity index is 721. The Morgan fingerprint density at radius 1 is 1.28 bits per heavy atom. The van der Waals surface area contributed by atoms with Crippen molar-refractivity contribution in [2.24, 2.45) is 0 Å². The number of hydrogen-bond donors (Lipinski definition) is 1. The largest absolute Gasteiger partial charge is 0.489 e. The third kappa shape index (κ3) is 4.67. The fourth-order valence-corrected chi connectivity index (χ4v) is 3.20. The van der Waals surface area contributed by atoms with Gasteiger partial charge in [-0.05, 0) is 36.6 Å². The molecule has 1 N–H and O–H groups in total. The SMILES string of the molecule is CN1c2cc(Cl)ccc2OC[C@@H]1CC(=O)NCCCc1ccccc1. The minimum atomic E-state index is 0.0140. The highest BCUT2D eigenvalue weighted by Crippen LogP contribution is 2.35. The maximum Gasteiger partial charge on any atom is 0.222 e. The quantitative estimate of drug-likeness (QED) is 0.801. The average Bonchev–Trinajstić information content (AvgIpc) is 2.62. The van der Waals surface area contributed by atoms with Gasteiger partial charge in [0.1, 0.15) is 12.4 Å². The van der Waals surface area contributed by atoms with Crippen LogP contribution in [0.3, 0.4) is 0 Å². The second-order valence-electron chi connectivity index (χ2n) is 6.33. The Morgan fingerprint density at radius 3 is 2.88 bits per heavy atom. The predicted octanol–water partition coefficient (Wildman–Crippen LogP) is 3.68. The lowest BCUT2D eigenvalue weighted by molar-refractivity contribution is -0.121. The zero-order valence-electron chi connectivity index (χ0n) is 14.4. The molecule has 0 aliphatic carbocycles. The van der Waals surface area contributed by atoms with Crippen molar-refractivity contribution in [2.45, 2.75) is 25.3 Å². The van der Waals surface area contributed by atoms with Gasteiger partial charge in [-0.3, -0.25) is 4.79 Å². The van der Waals surface area contributed by atoms with Gasteiger partial charge in [-0.15, -0.1) is 0 Å². The highest BCUT2D eigenvalue weighted by molar-refractivity contribution is 6.31. The van der Waals surface area contributed by atoms with Crippen molar-refractivity contribution in [3.63, 3.8) is 0 Å². The molecule has 1 aliphatic heterocycles.